The molecule has 2 aromatic carbocycles. The molecule has 0 bridgehead atoms. The van der Waals surface area contributed by atoms with E-state index < -0.39 is 0 Å². The molecule has 0 atom stereocenters. The second-order valence-electron chi connectivity index (χ2n) is 5.35. The second-order valence-corrected chi connectivity index (χ2v) is 6.61. The van der Waals surface area contributed by atoms with Crippen LogP contribution in [0.25, 0.3) is 10.9 Å². The molecule has 6 heteroatoms. The van der Waals surface area contributed by atoms with Crippen molar-refractivity contribution < 1.29 is 0 Å². The minimum Gasteiger partial charge on any atom is -0.396 e. The van der Waals surface area contributed by atoms with Crippen molar-refractivity contribution >= 4 is 55.5 Å². The van der Waals surface area contributed by atoms with E-state index in [1.54, 1.807) is 12.3 Å². The number of halogens is 2. The van der Waals surface area contributed by atoms with Crippen LogP contribution in [0.4, 0.5) is 17.1 Å². The van der Waals surface area contributed by atoms with Gasteiger partial charge in [-0.1, -0.05) is 23.7 Å². The first-order valence-electron chi connectivity index (χ1n) is 7.34. The second kappa shape index (κ2) is 7.08. The van der Waals surface area contributed by atoms with Gasteiger partial charge in [-0.15, -0.1) is 0 Å². The van der Waals surface area contributed by atoms with E-state index in [0.717, 1.165) is 38.7 Å². The highest BCUT2D eigenvalue weighted by Crippen LogP contribution is 2.35. The van der Waals surface area contributed by atoms with E-state index in [0.29, 0.717) is 17.1 Å². The van der Waals surface area contributed by atoms with Gasteiger partial charge in [0.1, 0.15) is 0 Å². The summed E-state index contributed by atoms with van der Waals surface area (Å²) in [4.78, 5) is 4.33. The third-order valence-corrected chi connectivity index (χ3v) is 4.89. The van der Waals surface area contributed by atoms with Crippen molar-refractivity contribution in [1.82, 2.24) is 4.98 Å². The molecule has 1 aromatic heterocycles. The molecule has 120 valence electrons. The molecule has 0 saturated heterocycles. The highest BCUT2D eigenvalue weighted by molar-refractivity contribution is 9.10. The van der Waals surface area contributed by atoms with E-state index in [-0.39, 0.29) is 0 Å². The lowest BCUT2D eigenvalue weighted by atomic mass is 10.1. The summed E-state index contributed by atoms with van der Waals surface area (Å²) >= 11 is 9.58. The fourth-order valence-electron chi connectivity index (χ4n) is 2.44. The maximum atomic E-state index is 8.65. The Morgan fingerprint density at radius 2 is 2.00 bits per heavy atom. The number of nitrogen functional groups attached to an aromatic ring is 1. The Hall–Kier alpha value is -2.29. The third kappa shape index (κ3) is 3.45. The zero-order valence-electron chi connectivity index (χ0n) is 12.7. The predicted octanol–water partition coefficient (Wildman–Crippen LogP) is 5.43. The molecule has 0 saturated carbocycles. The number of hydrogen-bond donors (Lipinski definition) is 2. The zero-order valence-corrected chi connectivity index (χ0v) is 15.0. The number of nitrogens with one attached hydrogen (secondary N) is 1. The predicted molar refractivity (Wildman–Crippen MR) is 103 cm³/mol. The van der Waals surface area contributed by atoms with Crippen LogP contribution in [-0.2, 0) is 6.42 Å². The van der Waals surface area contributed by atoms with Crippen LogP contribution >= 0.6 is 27.5 Å². The fraction of sp³-hybridized carbons (Fsp3) is 0.111. The van der Waals surface area contributed by atoms with Gasteiger partial charge in [0, 0.05) is 22.0 Å². The summed E-state index contributed by atoms with van der Waals surface area (Å²) in [6.07, 6.45) is 2.89. The van der Waals surface area contributed by atoms with Crippen LogP contribution in [0.3, 0.4) is 0 Å². The molecule has 0 spiro atoms. The zero-order chi connectivity index (χ0) is 17.1. The van der Waals surface area contributed by atoms with Crippen molar-refractivity contribution in [3.05, 3.63) is 57.7 Å². The van der Waals surface area contributed by atoms with Crippen molar-refractivity contribution in [3.63, 3.8) is 0 Å². The number of pyridine rings is 1. The Morgan fingerprint density at radius 1 is 1.25 bits per heavy atom. The van der Waals surface area contributed by atoms with Crippen LogP contribution in [0.15, 0.2) is 47.1 Å². The number of nitriles is 1. The van der Waals surface area contributed by atoms with E-state index in [1.165, 1.54) is 0 Å². The van der Waals surface area contributed by atoms with Gasteiger partial charge in [0.05, 0.1) is 34.2 Å². The Morgan fingerprint density at radius 3 is 2.71 bits per heavy atom. The lowest BCUT2D eigenvalue weighted by Crippen LogP contribution is -1.99. The SMILES string of the molecule is N#CCCc1ccc(Nc2c(N)cnc3cc(Cl)c(Br)cc23)cc1. The third-order valence-electron chi connectivity index (χ3n) is 3.69. The first kappa shape index (κ1) is 16.6. The number of nitrogens with zero attached hydrogens (tertiary/aromatic N) is 2. The minimum absolute atomic E-state index is 0.517. The number of nitrogens with two attached hydrogens (primary N) is 1. The van der Waals surface area contributed by atoms with Crippen LogP contribution in [0.1, 0.15) is 12.0 Å². The first-order chi connectivity index (χ1) is 11.6. The number of anilines is 3. The van der Waals surface area contributed by atoms with Crippen LogP contribution in [0, 0.1) is 11.3 Å². The molecular formula is C18H14BrClN4. The van der Waals surface area contributed by atoms with Gasteiger partial charge in [0.2, 0.25) is 0 Å². The molecular weight excluding hydrogens is 388 g/mol. The van der Waals surface area contributed by atoms with Gasteiger partial charge in [-0.2, -0.15) is 5.26 Å². The Kier molecular flexibility index (Phi) is 4.89. The van der Waals surface area contributed by atoms with Crippen LogP contribution in [-0.4, -0.2) is 4.98 Å². The topological polar surface area (TPSA) is 74.7 Å². The monoisotopic (exact) mass is 400 g/mol. The first-order valence-corrected chi connectivity index (χ1v) is 8.51. The van der Waals surface area contributed by atoms with Crippen LogP contribution < -0.4 is 11.1 Å². The molecule has 4 nitrogen and oxygen atoms in total. The molecule has 0 unspecified atom stereocenters. The van der Waals surface area contributed by atoms with Crippen molar-refractivity contribution in [2.45, 2.75) is 12.8 Å². The van der Waals surface area contributed by atoms with Crippen LogP contribution in [0.2, 0.25) is 5.02 Å². The van der Waals surface area contributed by atoms with E-state index >= 15 is 0 Å². The molecule has 3 rings (SSSR count). The van der Waals surface area contributed by atoms with Crippen molar-refractivity contribution in [2.24, 2.45) is 0 Å². The van der Waals surface area contributed by atoms with Gasteiger partial charge in [0.25, 0.3) is 0 Å². The lowest BCUT2D eigenvalue weighted by Gasteiger charge is -2.13. The number of benzene rings is 2. The van der Waals surface area contributed by atoms with Crippen molar-refractivity contribution in [3.8, 4) is 6.07 Å². The molecule has 0 aliphatic heterocycles. The molecule has 0 amide bonds. The highest BCUT2D eigenvalue weighted by atomic mass is 79.9. The number of fused-ring (bicyclic) bond motifs is 1. The van der Waals surface area contributed by atoms with Gasteiger partial charge >= 0.3 is 0 Å². The summed E-state index contributed by atoms with van der Waals surface area (Å²) in [5.74, 6) is 0. The highest BCUT2D eigenvalue weighted by Gasteiger charge is 2.10. The minimum atomic E-state index is 0.517. The smallest absolute Gasteiger partial charge is 0.0746 e. The molecule has 0 radical (unpaired) electrons. The van der Waals surface area contributed by atoms with Crippen LogP contribution in [0.5, 0.6) is 0 Å². The maximum absolute atomic E-state index is 8.65. The lowest BCUT2D eigenvalue weighted by molar-refractivity contribution is 1.01. The average Bonchev–Trinajstić information content (AvgIpc) is 2.58. The van der Waals surface area contributed by atoms with Gasteiger partial charge < -0.3 is 11.1 Å². The fourth-order valence-corrected chi connectivity index (χ4v) is 2.94. The molecule has 0 fully saturated rings. The number of rotatable bonds is 4. The van der Waals surface area contributed by atoms with E-state index in [2.05, 4.69) is 32.3 Å². The molecule has 3 aromatic rings. The molecule has 24 heavy (non-hydrogen) atoms. The summed E-state index contributed by atoms with van der Waals surface area (Å²) in [6, 6.07) is 13.8. The Bertz CT molecular complexity index is 932. The van der Waals surface area contributed by atoms with Gasteiger partial charge in [0.15, 0.2) is 0 Å². The van der Waals surface area contributed by atoms with E-state index in [1.807, 2.05) is 30.3 Å². The number of aryl methyl sites for hydroxylation is 1. The molecule has 1 heterocycles. The Balaban J connectivity index is 1.96. The van der Waals surface area contributed by atoms with E-state index in [9.17, 15) is 0 Å². The maximum Gasteiger partial charge on any atom is 0.0746 e. The average molecular weight is 402 g/mol. The Labute approximate surface area is 153 Å². The van der Waals surface area contributed by atoms with Crippen molar-refractivity contribution in [1.29, 1.82) is 5.26 Å². The molecule has 0 aliphatic rings. The summed E-state index contributed by atoms with van der Waals surface area (Å²) in [7, 11) is 0. The normalized spacial score (nSPS) is 10.5. The largest absolute Gasteiger partial charge is 0.396 e. The van der Waals surface area contributed by atoms with Gasteiger partial charge in [-0.25, -0.2) is 0 Å². The summed E-state index contributed by atoms with van der Waals surface area (Å²) in [5.41, 5.74) is 10.3. The number of aromatic nitrogens is 1. The van der Waals surface area contributed by atoms with Crippen molar-refractivity contribution in [2.75, 3.05) is 11.1 Å². The van der Waals surface area contributed by atoms with E-state index in [4.69, 9.17) is 22.6 Å². The summed E-state index contributed by atoms with van der Waals surface area (Å²) in [6.45, 7) is 0. The summed E-state index contributed by atoms with van der Waals surface area (Å²) in [5, 5.41) is 13.5. The number of hydrogen-bond acceptors (Lipinski definition) is 4. The summed E-state index contributed by atoms with van der Waals surface area (Å²) < 4.78 is 0.791. The van der Waals surface area contributed by atoms with Gasteiger partial charge in [-0.05, 0) is 52.2 Å². The molecule has 3 N–H and O–H groups in total. The standard InChI is InChI=1S/C18H14BrClN4/c19-14-8-13-17(9-15(14)20)23-10-16(22)18(13)24-12-5-3-11(4-6-12)2-1-7-21/h3-6,8-10H,1-2,22H2,(H,23,24). The van der Waals surface area contributed by atoms with Gasteiger partial charge in [-0.3, -0.25) is 4.98 Å². The quantitative estimate of drug-likeness (QED) is 0.611. The molecule has 0 aliphatic carbocycles.